The van der Waals surface area contributed by atoms with Gasteiger partial charge in [0, 0.05) is 5.56 Å². The number of benzene rings is 1. The number of phenols is 1. The van der Waals surface area contributed by atoms with Crippen LogP contribution in [0.25, 0.3) is 0 Å². The van der Waals surface area contributed by atoms with Gasteiger partial charge in [-0.3, -0.25) is 0 Å². The Labute approximate surface area is 98.5 Å². The van der Waals surface area contributed by atoms with Crippen molar-refractivity contribution in [2.75, 3.05) is 0 Å². The van der Waals surface area contributed by atoms with Crippen molar-refractivity contribution in [1.82, 2.24) is 0 Å². The third kappa shape index (κ3) is 1.73. The van der Waals surface area contributed by atoms with Crippen LogP contribution >= 0.6 is 0 Å². The maximum absolute atomic E-state index is 10.3. The predicted octanol–water partition coefficient (Wildman–Crippen LogP) is 4.34. The summed E-state index contributed by atoms with van der Waals surface area (Å²) >= 11 is 0. The Morgan fingerprint density at radius 1 is 1.25 bits per heavy atom. The molecule has 1 heteroatoms. The summed E-state index contributed by atoms with van der Waals surface area (Å²) in [6, 6.07) is 4.26. The smallest absolute Gasteiger partial charge is 0.122 e. The van der Waals surface area contributed by atoms with Crippen LogP contribution in [0, 0.1) is 12.8 Å². The van der Waals surface area contributed by atoms with E-state index in [9.17, 15) is 5.11 Å². The summed E-state index contributed by atoms with van der Waals surface area (Å²) in [7, 11) is 0. The van der Waals surface area contributed by atoms with Gasteiger partial charge in [0.15, 0.2) is 0 Å². The van der Waals surface area contributed by atoms with Crippen LogP contribution < -0.4 is 0 Å². The minimum absolute atomic E-state index is 0.533. The van der Waals surface area contributed by atoms with Gasteiger partial charge in [-0.05, 0) is 48.6 Å². The molecule has 1 aromatic rings. The van der Waals surface area contributed by atoms with Crippen LogP contribution in [0.3, 0.4) is 0 Å². The summed E-state index contributed by atoms with van der Waals surface area (Å²) in [4.78, 5) is 0. The molecule has 88 valence electrons. The normalized spacial score (nSPS) is 24.6. The molecule has 1 aromatic carbocycles. The molecule has 0 spiro atoms. The van der Waals surface area contributed by atoms with Gasteiger partial charge in [0.2, 0.25) is 0 Å². The van der Waals surface area contributed by atoms with Crippen LogP contribution in [0.15, 0.2) is 12.1 Å². The van der Waals surface area contributed by atoms with E-state index in [1.165, 1.54) is 24.0 Å². The summed E-state index contributed by atoms with van der Waals surface area (Å²) in [5.74, 6) is 2.28. The Bertz CT molecular complexity index is 393. The fraction of sp³-hybridized carbons (Fsp3) is 0.600. The number of aryl methyl sites for hydroxylation is 1. The van der Waals surface area contributed by atoms with Gasteiger partial charge in [0.05, 0.1) is 0 Å². The number of hydrogen-bond donors (Lipinski definition) is 1. The molecule has 1 N–H and O–H groups in total. The molecule has 0 saturated carbocycles. The number of aromatic hydroxyl groups is 1. The Morgan fingerprint density at radius 2 is 1.94 bits per heavy atom. The summed E-state index contributed by atoms with van der Waals surface area (Å²) in [5, 5.41) is 10.3. The molecule has 0 amide bonds. The highest BCUT2D eigenvalue weighted by atomic mass is 16.3. The van der Waals surface area contributed by atoms with Gasteiger partial charge < -0.3 is 5.11 Å². The van der Waals surface area contributed by atoms with Gasteiger partial charge in [-0.1, -0.05) is 32.9 Å². The van der Waals surface area contributed by atoms with E-state index in [1.54, 1.807) is 0 Å². The topological polar surface area (TPSA) is 20.2 Å². The van der Waals surface area contributed by atoms with Crippen molar-refractivity contribution >= 4 is 0 Å². The zero-order valence-electron chi connectivity index (χ0n) is 10.7. The first-order valence-electron chi connectivity index (χ1n) is 6.34. The molecule has 0 aliphatic heterocycles. The first-order chi connectivity index (χ1) is 7.52. The molecular formula is C15H22O. The van der Waals surface area contributed by atoms with Crippen LogP contribution in [-0.2, 0) is 0 Å². The molecule has 2 atom stereocenters. The molecule has 1 aliphatic carbocycles. The summed E-state index contributed by atoms with van der Waals surface area (Å²) in [5.41, 5.74) is 3.61. The van der Waals surface area contributed by atoms with Gasteiger partial charge in [-0.15, -0.1) is 0 Å². The lowest BCUT2D eigenvalue weighted by atomic mass is 9.72. The lowest BCUT2D eigenvalue weighted by Crippen LogP contribution is -2.17. The van der Waals surface area contributed by atoms with Gasteiger partial charge in [0.1, 0.15) is 5.75 Å². The maximum atomic E-state index is 10.3. The Kier molecular flexibility index (Phi) is 2.96. The highest BCUT2D eigenvalue weighted by Gasteiger charge is 2.29. The second-order valence-corrected chi connectivity index (χ2v) is 5.56. The zero-order valence-corrected chi connectivity index (χ0v) is 10.7. The van der Waals surface area contributed by atoms with E-state index >= 15 is 0 Å². The van der Waals surface area contributed by atoms with E-state index in [4.69, 9.17) is 0 Å². The highest BCUT2D eigenvalue weighted by molar-refractivity contribution is 5.49. The lowest BCUT2D eigenvalue weighted by molar-refractivity contribution is 0.381. The van der Waals surface area contributed by atoms with E-state index in [-0.39, 0.29) is 0 Å². The number of hydrogen-bond acceptors (Lipinski definition) is 1. The first-order valence-corrected chi connectivity index (χ1v) is 6.34. The predicted molar refractivity (Wildman–Crippen MR) is 68.1 cm³/mol. The van der Waals surface area contributed by atoms with Gasteiger partial charge in [-0.2, -0.15) is 0 Å². The molecule has 0 unspecified atom stereocenters. The number of phenolic OH excluding ortho intramolecular Hbond substituents is 1. The van der Waals surface area contributed by atoms with E-state index in [2.05, 4.69) is 26.8 Å². The maximum Gasteiger partial charge on any atom is 0.122 e. The average Bonchev–Trinajstić information content (AvgIpc) is 2.23. The zero-order chi connectivity index (χ0) is 11.9. The van der Waals surface area contributed by atoms with E-state index in [0.29, 0.717) is 23.5 Å². The fourth-order valence-corrected chi connectivity index (χ4v) is 2.95. The van der Waals surface area contributed by atoms with Crippen molar-refractivity contribution in [1.29, 1.82) is 0 Å². The number of rotatable bonds is 1. The standard InChI is InChI=1S/C15H22O/c1-9(2)12-7-5-10(3)13-8-6-11(4)15(16)14(12)13/h6,8-10,12,16H,5,7H2,1-4H3/t10-,12-/m1/s1. The monoisotopic (exact) mass is 218 g/mol. The Balaban J connectivity index is 2.58. The minimum atomic E-state index is 0.533. The molecule has 2 rings (SSSR count). The van der Waals surface area contributed by atoms with Crippen LogP contribution in [0.4, 0.5) is 0 Å². The molecular weight excluding hydrogens is 196 g/mol. The van der Waals surface area contributed by atoms with Crippen LogP contribution in [0.1, 0.15) is 62.1 Å². The molecule has 0 fully saturated rings. The Hall–Kier alpha value is -0.980. The fourth-order valence-electron chi connectivity index (χ4n) is 2.95. The van der Waals surface area contributed by atoms with Crippen molar-refractivity contribution < 1.29 is 5.11 Å². The lowest BCUT2D eigenvalue weighted by Gasteiger charge is -2.33. The molecule has 0 aromatic heterocycles. The van der Waals surface area contributed by atoms with Crippen molar-refractivity contribution in [3.8, 4) is 5.75 Å². The molecule has 1 nitrogen and oxygen atoms in total. The van der Waals surface area contributed by atoms with Crippen LogP contribution in [-0.4, -0.2) is 5.11 Å². The summed E-state index contributed by atoms with van der Waals surface area (Å²) in [6.45, 7) is 8.77. The van der Waals surface area contributed by atoms with E-state index in [1.807, 2.05) is 13.0 Å². The second kappa shape index (κ2) is 4.12. The van der Waals surface area contributed by atoms with Crippen molar-refractivity contribution in [3.63, 3.8) is 0 Å². The van der Waals surface area contributed by atoms with Gasteiger partial charge >= 0.3 is 0 Å². The summed E-state index contributed by atoms with van der Waals surface area (Å²) < 4.78 is 0. The molecule has 0 heterocycles. The second-order valence-electron chi connectivity index (χ2n) is 5.56. The SMILES string of the molecule is Cc1ccc2c(c1O)[C@@H](C(C)C)CC[C@H]2C. The third-order valence-electron chi connectivity index (χ3n) is 4.07. The van der Waals surface area contributed by atoms with Gasteiger partial charge in [-0.25, -0.2) is 0 Å². The number of fused-ring (bicyclic) bond motifs is 1. The van der Waals surface area contributed by atoms with Crippen LogP contribution in [0.2, 0.25) is 0 Å². The van der Waals surface area contributed by atoms with Crippen molar-refractivity contribution in [2.45, 2.75) is 52.4 Å². The Morgan fingerprint density at radius 3 is 2.56 bits per heavy atom. The van der Waals surface area contributed by atoms with Crippen LogP contribution in [0.5, 0.6) is 5.75 Å². The molecule has 0 radical (unpaired) electrons. The van der Waals surface area contributed by atoms with Crippen molar-refractivity contribution in [3.05, 3.63) is 28.8 Å². The third-order valence-corrected chi connectivity index (χ3v) is 4.07. The summed E-state index contributed by atoms with van der Waals surface area (Å²) in [6.07, 6.45) is 2.46. The molecule has 1 aliphatic rings. The highest BCUT2D eigenvalue weighted by Crippen LogP contribution is 2.46. The quantitative estimate of drug-likeness (QED) is 0.743. The molecule has 0 bridgehead atoms. The van der Waals surface area contributed by atoms with E-state index in [0.717, 1.165) is 5.56 Å². The first kappa shape index (κ1) is 11.5. The minimum Gasteiger partial charge on any atom is -0.507 e. The van der Waals surface area contributed by atoms with E-state index < -0.39 is 0 Å². The van der Waals surface area contributed by atoms with Crippen molar-refractivity contribution in [2.24, 2.45) is 5.92 Å². The molecule has 0 saturated heterocycles. The van der Waals surface area contributed by atoms with Gasteiger partial charge in [0.25, 0.3) is 0 Å². The molecule has 16 heavy (non-hydrogen) atoms. The average molecular weight is 218 g/mol. The largest absolute Gasteiger partial charge is 0.507 e.